The molecule has 0 radical (unpaired) electrons. The van der Waals surface area contributed by atoms with Crippen LogP contribution in [-0.2, 0) is 13.6 Å². The number of anilines is 2. The highest BCUT2D eigenvalue weighted by Crippen LogP contribution is 2.32. The second kappa shape index (κ2) is 11.1. The van der Waals surface area contributed by atoms with E-state index in [1.807, 2.05) is 42.5 Å². The van der Waals surface area contributed by atoms with E-state index in [1.165, 1.54) is 4.57 Å². The van der Waals surface area contributed by atoms with Crippen molar-refractivity contribution in [1.82, 2.24) is 9.13 Å². The van der Waals surface area contributed by atoms with Crippen molar-refractivity contribution in [3.05, 3.63) is 86.4 Å². The van der Waals surface area contributed by atoms with Crippen LogP contribution in [0.4, 0.5) is 11.5 Å². The maximum atomic E-state index is 13.3. The van der Waals surface area contributed by atoms with Crippen LogP contribution in [0.25, 0.3) is 0 Å². The van der Waals surface area contributed by atoms with Gasteiger partial charge in [0, 0.05) is 30.4 Å². The van der Waals surface area contributed by atoms with Crippen LogP contribution in [-0.4, -0.2) is 26.9 Å². The first-order chi connectivity index (χ1) is 17.7. The van der Waals surface area contributed by atoms with E-state index < -0.39 is 5.91 Å². The van der Waals surface area contributed by atoms with Gasteiger partial charge in [0.05, 0.1) is 12.1 Å². The monoisotopic (exact) mass is 518 g/mol. The summed E-state index contributed by atoms with van der Waals surface area (Å²) in [6, 6.07) is 17.1. The number of hydrogen-bond acceptors (Lipinski definition) is 5. The number of nitrogens with two attached hydrogens (primary N) is 2. The highest BCUT2D eigenvalue weighted by molar-refractivity contribution is 7.71. The van der Waals surface area contributed by atoms with Crippen LogP contribution in [0.2, 0.25) is 0 Å². The number of amides is 1. The third-order valence-electron chi connectivity index (χ3n) is 6.87. The van der Waals surface area contributed by atoms with Crippen molar-refractivity contribution in [3.63, 3.8) is 0 Å². The molecule has 1 amide bonds. The van der Waals surface area contributed by atoms with Crippen molar-refractivity contribution >= 4 is 35.5 Å². The summed E-state index contributed by atoms with van der Waals surface area (Å²) in [6.45, 7) is 4.48. The Labute approximate surface area is 222 Å². The summed E-state index contributed by atoms with van der Waals surface area (Å²) in [5.41, 5.74) is 14.9. The van der Waals surface area contributed by atoms with E-state index in [0.717, 1.165) is 36.9 Å². The number of rotatable bonds is 7. The molecule has 1 heterocycles. The lowest BCUT2D eigenvalue weighted by Gasteiger charge is -2.32. The van der Waals surface area contributed by atoms with E-state index in [0.29, 0.717) is 34.0 Å². The Balaban J connectivity index is 1.93. The molecule has 4 rings (SSSR count). The Bertz CT molecular complexity index is 1420. The molecule has 0 atom stereocenters. The number of nitrogens with zero attached hydrogens (tertiary/aromatic N) is 4. The van der Waals surface area contributed by atoms with E-state index in [-0.39, 0.29) is 17.8 Å². The quantitative estimate of drug-likeness (QED) is 0.270. The molecule has 1 aliphatic carbocycles. The molecule has 0 bridgehead atoms. The second-order valence-corrected chi connectivity index (χ2v) is 10.1. The predicted molar refractivity (Wildman–Crippen MR) is 152 cm³/mol. The minimum atomic E-state index is -0.476. The molecule has 0 unspecified atom stereocenters. The van der Waals surface area contributed by atoms with Crippen molar-refractivity contribution in [1.29, 1.82) is 0 Å². The molecule has 0 spiro atoms. The van der Waals surface area contributed by atoms with Gasteiger partial charge >= 0.3 is 5.69 Å². The lowest BCUT2D eigenvalue weighted by Crippen LogP contribution is -2.42. The summed E-state index contributed by atoms with van der Waals surface area (Å²) in [4.78, 5) is 31.9. The van der Waals surface area contributed by atoms with Crippen molar-refractivity contribution in [2.75, 3.05) is 10.6 Å². The number of amidine groups is 1. The molecule has 2 aromatic carbocycles. The molecule has 37 heavy (non-hydrogen) atoms. The highest BCUT2D eigenvalue weighted by atomic mass is 32.1. The molecular formula is C28H34N6O2S. The molecule has 0 saturated heterocycles. The summed E-state index contributed by atoms with van der Waals surface area (Å²) in [7, 11) is 1.70. The number of carbonyl (C=O) groups excluding carboxylic acids is 1. The summed E-state index contributed by atoms with van der Waals surface area (Å²) >= 11 is 5.82. The van der Waals surface area contributed by atoms with Crippen molar-refractivity contribution in [2.45, 2.75) is 58.2 Å². The normalized spacial score (nSPS) is 14.3. The molecule has 1 aromatic heterocycles. The van der Waals surface area contributed by atoms with Gasteiger partial charge < -0.3 is 16.4 Å². The zero-order chi connectivity index (χ0) is 26.7. The lowest BCUT2D eigenvalue weighted by molar-refractivity contribution is 0.100. The molecule has 0 aliphatic heterocycles. The Hall–Kier alpha value is -3.72. The van der Waals surface area contributed by atoms with Gasteiger partial charge in [0.2, 0.25) is 5.91 Å². The van der Waals surface area contributed by atoms with Gasteiger partial charge in [-0.1, -0.05) is 55.4 Å². The van der Waals surface area contributed by atoms with Crippen LogP contribution < -0.4 is 22.1 Å². The third kappa shape index (κ3) is 5.36. The van der Waals surface area contributed by atoms with Gasteiger partial charge in [-0.25, -0.2) is 4.79 Å². The molecular weight excluding hydrogens is 484 g/mol. The highest BCUT2D eigenvalue weighted by Gasteiger charge is 2.28. The number of para-hydroxylation sites is 1. The van der Waals surface area contributed by atoms with Gasteiger partial charge in [-0.2, -0.15) is 0 Å². The number of hydrogen-bond donors (Lipinski definition) is 2. The number of nitrogen functional groups attached to an aromatic ring is 1. The zero-order valence-electron chi connectivity index (χ0n) is 21.6. The molecule has 9 heteroatoms. The molecule has 4 N–H and O–H groups in total. The number of aromatic nitrogens is 2. The molecule has 1 saturated carbocycles. The molecule has 1 fully saturated rings. The Kier molecular flexibility index (Phi) is 7.92. The van der Waals surface area contributed by atoms with Gasteiger partial charge in [-0.15, -0.1) is 0 Å². The van der Waals surface area contributed by atoms with Gasteiger partial charge in [-0.05, 0) is 56.5 Å². The fourth-order valence-electron chi connectivity index (χ4n) is 4.94. The van der Waals surface area contributed by atoms with Crippen molar-refractivity contribution < 1.29 is 4.79 Å². The average molecular weight is 519 g/mol. The smallest absolute Gasteiger partial charge is 0.330 e. The largest absolute Gasteiger partial charge is 0.384 e. The minimum absolute atomic E-state index is 0.0179. The van der Waals surface area contributed by atoms with Crippen LogP contribution in [0, 0.1) is 4.64 Å². The number of carbonyl (C=O) groups is 1. The number of aliphatic imine (C=N–C) groups is 1. The Morgan fingerprint density at radius 3 is 2.30 bits per heavy atom. The van der Waals surface area contributed by atoms with Crippen LogP contribution >= 0.6 is 12.2 Å². The molecule has 8 nitrogen and oxygen atoms in total. The Morgan fingerprint density at radius 1 is 1.11 bits per heavy atom. The third-order valence-corrected chi connectivity index (χ3v) is 7.35. The summed E-state index contributed by atoms with van der Waals surface area (Å²) < 4.78 is 3.56. The molecule has 1 aliphatic rings. The van der Waals surface area contributed by atoms with Crippen molar-refractivity contribution in [2.24, 2.45) is 17.8 Å². The van der Waals surface area contributed by atoms with E-state index in [9.17, 15) is 9.59 Å². The summed E-state index contributed by atoms with van der Waals surface area (Å²) in [5.74, 6) is 0.477. The number of benzene rings is 2. The van der Waals surface area contributed by atoms with Crippen LogP contribution in [0.15, 0.2) is 64.4 Å². The Morgan fingerprint density at radius 2 is 1.73 bits per heavy atom. The molecule has 3 aromatic rings. The maximum absolute atomic E-state index is 13.3. The second-order valence-electron chi connectivity index (χ2n) is 9.72. The summed E-state index contributed by atoms with van der Waals surface area (Å²) in [5, 5.41) is 0. The SMILES string of the molecule is CC(C)N(C(=NCc1ccc(C(N)=O)cc1)c1c(N)n(C2CCCC2)c(=O)n(C)c1=S)c1ccccc1. The zero-order valence-corrected chi connectivity index (χ0v) is 22.4. The van der Waals surface area contributed by atoms with Gasteiger partial charge in [0.25, 0.3) is 0 Å². The minimum Gasteiger partial charge on any atom is -0.384 e. The fourth-order valence-corrected chi connectivity index (χ4v) is 5.22. The average Bonchev–Trinajstić information content (AvgIpc) is 3.41. The standard InChI is InChI=1S/C28H34N6O2S/c1-18(2)33(21-9-5-4-6-10-21)26(31-17-19-13-15-20(16-14-19)25(30)35)23-24(29)34(22-11-7-8-12-22)28(36)32(3)27(23)37/h4-6,9-10,13-16,18,22H,7-8,11-12,17,29H2,1-3H3,(H2,30,35). The topological polar surface area (TPSA) is 112 Å². The van der Waals surface area contributed by atoms with Gasteiger partial charge in [-0.3, -0.25) is 18.9 Å². The van der Waals surface area contributed by atoms with E-state index in [1.54, 1.807) is 23.7 Å². The van der Waals surface area contributed by atoms with Crippen LogP contribution in [0.1, 0.15) is 67.1 Å². The van der Waals surface area contributed by atoms with Crippen molar-refractivity contribution in [3.8, 4) is 0 Å². The van der Waals surface area contributed by atoms with Gasteiger partial charge in [0.15, 0.2) is 0 Å². The van der Waals surface area contributed by atoms with Gasteiger partial charge in [0.1, 0.15) is 16.3 Å². The molecule has 194 valence electrons. The first-order valence-corrected chi connectivity index (χ1v) is 13.0. The van der Waals surface area contributed by atoms with E-state index in [4.69, 9.17) is 28.7 Å². The maximum Gasteiger partial charge on any atom is 0.330 e. The first-order valence-electron chi connectivity index (χ1n) is 12.6. The lowest BCUT2D eigenvalue weighted by atomic mass is 10.1. The predicted octanol–water partition coefficient (Wildman–Crippen LogP) is 4.57. The first kappa shape index (κ1) is 26.3. The van der Waals surface area contributed by atoms with Crippen LogP contribution in [0.5, 0.6) is 0 Å². The van der Waals surface area contributed by atoms with E-state index >= 15 is 0 Å². The number of primary amides is 1. The fraction of sp³-hybridized carbons (Fsp3) is 0.357. The summed E-state index contributed by atoms with van der Waals surface area (Å²) in [6.07, 6.45) is 3.95. The van der Waals surface area contributed by atoms with E-state index in [2.05, 4.69) is 18.7 Å². The van der Waals surface area contributed by atoms with Crippen LogP contribution in [0.3, 0.4) is 0 Å².